The Balaban J connectivity index is 1.70. The lowest BCUT2D eigenvalue weighted by atomic mass is 10.1. The van der Waals surface area contributed by atoms with E-state index < -0.39 is 12.1 Å². The predicted molar refractivity (Wildman–Crippen MR) is 96.0 cm³/mol. The molecule has 3 aromatic rings. The molecule has 0 radical (unpaired) electrons. The number of Topliss-reactive ketones (excluding diaryl/α,β-unsaturated/α-hetero) is 1. The van der Waals surface area contributed by atoms with E-state index in [4.69, 9.17) is 4.74 Å². The fraction of sp³-hybridized carbons (Fsp3) is 0.158. The maximum Gasteiger partial charge on any atom is 0.360 e. The maximum absolute atomic E-state index is 12.5. The van der Waals surface area contributed by atoms with Crippen LogP contribution < -0.4 is 5.32 Å². The number of H-pyrrole nitrogens is 1. The summed E-state index contributed by atoms with van der Waals surface area (Å²) in [5, 5.41) is 9.98. The number of hydrogen-bond donors (Lipinski definition) is 2. The Kier molecular flexibility index (Phi) is 4.79. The molecule has 2 N–H and O–H groups in total. The van der Waals surface area contributed by atoms with Crippen LogP contribution in [0.1, 0.15) is 34.7 Å². The SMILES string of the molecule is CC(=O)Nc1ccc(C(=O)C(C)OC(=O)c2n[nH]c3ccccc23)cc1. The van der Waals surface area contributed by atoms with Gasteiger partial charge >= 0.3 is 5.97 Å². The molecule has 0 fully saturated rings. The van der Waals surface area contributed by atoms with Crippen LogP contribution in [0.3, 0.4) is 0 Å². The lowest BCUT2D eigenvalue weighted by molar-refractivity contribution is -0.114. The van der Waals surface area contributed by atoms with Crippen LogP contribution in [0.5, 0.6) is 0 Å². The zero-order chi connectivity index (χ0) is 18.7. The third-order valence-electron chi connectivity index (χ3n) is 3.81. The fourth-order valence-corrected chi connectivity index (χ4v) is 2.54. The molecule has 2 aromatic carbocycles. The second-order valence-corrected chi connectivity index (χ2v) is 5.79. The average molecular weight is 351 g/mol. The van der Waals surface area contributed by atoms with E-state index in [1.54, 1.807) is 42.5 Å². The quantitative estimate of drug-likeness (QED) is 0.544. The third-order valence-corrected chi connectivity index (χ3v) is 3.81. The number of hydrogen-bond acceptors (Lipinski definition) is 5. The van der Waals surface area contributed by atoms with Gasteiger partial charge in [-0.15, -0.1) is 0 Å². The molecule has 3 rings (SSSR count). The van der Waals surface area contributed by atoms with Crippen LogP contribution in [0.2, 0.25) is 0 Å². The Bertz CT molecular complexity index is 976. The van der Waals surface area contributed by atoms with Gasteiger partial charge in [0.2, 0.25) is 11.7 Å². The van der Waals surface area contributed by atoms with Gasteiger partial charge in [-0.25, -0.2) is 4.79 Å². The van der Waals surface area contributed by atoms with Gasteiger partial charge in [-0.1, -0.05) is 18.2 Å². The van der Waals surface area contributed by atoms with E-state index in [0.717, 1.165) is 0 Å². The molecule has 7 heteroatoms. The molecule has 0 aliphatic heterocycles. The molecule has 1 unspecified atom stereocenters. The summed E-state index contributed by atoms with van der Waals surface area (Å²) in [5.41, 5.74) is 1.82. The minimum absolute atomic E-state index is 0.140. The Hall–Kier alpha value is -3.48. The molecule has 1 atom stereocenters. The van der Waals surface area contributed by atoms with E-state index in [0.29, 0.717) is 22.2 Å². The topological polar surface area (TPSA) is 101 Å². The number of ketones is 1. The molecule has 1 heterocycles. The molecule has 1 aromatic heterocycles. The fourth-order valence-electron chi connectivity index (χ4n) is 2.54. The van der Waals surface area contributed by atoms with Crippen molar-refractivity contribution in [1.29, 1.82) is 0 Å². The van der Waals surface area contributed by atoms with Crippen LogP contribution in [0.25, 0.3) is 10.9 Å². The van der Waals surface area contributed by atoms with E-state index in [9.17, 15) is 14.4 Å². The minimum Gasteiger partial charge on any atom is -0.449 e. The van der Waals surface area contributed by atoms with E-state index >= 15 is 0 Å². The number of esters is 1. The minimum atomic E-state index is -0.968. The van der Waals surface area contributed by atoms with Gasteiger partial charge in [0.1, 0.15) is 0 Å². The summed E-state index contributed by atoms with van der Waals surface area (Å²) < 4.78 is 5.27. The van der Waals surface area contributed by atoms with Gasteiger partial charge in [0.05, 0.1) is 5.52 Å². The standard InChI is InChI=1S/C19H17N3O4/c1-11(18(24)13-7-9-14(10-8-13)20-12(2)23)26-19(25)17-15-5-3-4-6-16(15)21-22-17/h3-11H,1-2H3,(H,20,23)(H,21,22). The number of aromatic amines is 1. The first-order valence-corrected chi connectivity index (χ1v) is 8.01. The van der Waals surface area contributed by atoms with Gasteiger partial charge < -0.3 is 10.1 Å². The van der Waals surface area contributed by atoms with E-state index in [1.807, 2.05) is 6.07 Å². The summed E-state index contributed by atoms with van der Waals surface area (Å²) in [4.78, 5) is 35.8. The number of amides is 1. The van der Waals surface area contributed by atoms with Crippen LogP contribution in [-0.4, -0.2) is 34.0 Å². The predicted octanol–water partition coefficient (Wildman–Crippen LogP) is 2.95. The van der Waals surface area contributed by atoms with Crippen molar-refractivity contribution in [3.05, 3.63) is 59.8 Å². The normalized spacial score (nSPS) is 11.8. The first-order chi connectivity index (χ1) is 12.5. The van der Waals surface area contributed by atoms with Gasteiger partial charge in [-0.3, -0.25) is 14.7 Å². The van der Waals surface area contributed by atoms with Crippen molar-refractivity contribution in [2.24, 2.45) is 0 Å². The molecule has 7 nitrogen and oxygen atoms in total. The highest BCUT2D eigenvalue weighted by atomic mass is 16.5. The number of nitrogens with zero attached hydrogens (tertiary/aromatic N) is 1. The molecule has 0 saturated heterocycles. The average Bonchev–Trinajstić information content (AvgIpc) is 3.05. The van der Waals surface area contributed by atoms with Gasteiger partial charge in [-0.2, -0.15) is 5.10 Å². The monoisotopic (exact) mass is 351 g/mol. The molecule has 1 amide bonds. The molecule has 26 heavy (non-hydrogen) atoms. The number of anilines is 1. The maximum atomic E-state index is 12.5. The number of benzene rings is 2. The number of fused-ring (bicyclic) bond motifs is 1. The Morgan fingerprint density at radius 1 is 1.08 bits per heavy atom. The molecule has 0 spiro atoms. The zero-order valence-electron chi connectivity index (χ0n) is 14.3. The number of para-hydroxylation sites is 1. The van der Waals surface area contributed by atoms with E-state index in [-0.39, 0.29) is 17.4 Å². The summed E-state index contributed by atoms with van der Waals surface area (Å²) in [6, 6.07) is 13.5. The number of ether oxygens (including phenoxy) is 1. The largest absolute Gasteiger partial charge is 0.449 e. The van der Waals surface area contributed by atoms with Crippen molar-refractivity contribution in [3.8, 4) is 0 Å². The van der Waals surface area contributed by atoms with Crippen LogP contribution in [0.4, 0.5) is 5.69 Å². The Labute approximate surface area is 149 Å². The van der Waals surface area contributed by atoms with E-state index in [2.05, 4.69) is 15.5 Å². The molecule has 0 bridgehead atoms. The lowest BCUT2D eigenvalue weighted by Crippen LogP contribution is -2.24. The van der Waals surface area contributed by atoms with Crippen molar-refractivity contribution in [2.75, 3.05) is 5.32 Å². The molecule has 0 aliphatic carbocycles. The van der Waals surface area contributed by atoms with Crippen LogP contribution in [-0.2, 0) is 9.53 Å². The highest BCUT2D eigenvalue weighted by Crippen LogP contribution is 2.18. The van der Waals surface area contributed by atoms with Gasteiger partial charge in [0.25, 0.3) is 0 Å². The Morgan fingerprint density at radius 3 is 2.46 bits per heavy atom. The van der Waals surface area contributed by atoms with Crippen LogP contribution >= 0.6 is 0 Å². The molecular formula is C19H17N3O4. The number of rotatable bonds is 5. The summed E-state index contributed by atoms with van der Waals surface area (Å²) in [6.07, 6.45) is -0.968. The van der Waals surface area contributed by atoms with Crippen LogP contribution in [0.15, 0.2) is 48.5 Å². The molecule has 0 saturated carbocycles. The summed E-state index contributed by atoms with van der Waals surface area (Å²) in [5.74, 6) is -1.21. The van der Waals surface area contributed by atoms with Crippen molar-refractivity contribution in [1.82, 2.24) is 10.2 Å². The molecule has 132 valence electrons. The van der Waals surface area contributed by atoms with Gasteiger partial charge in [0, 0.05) is 23.6 Å². The number of carbonyl (C=O) groups excluding carboxylic acids is 3. The van der Waals surface area contributed by atoms with Crippen molar-refractivity contribution in [3.63, 3.8) is 0 Å². The highest BCUT2D eigenvalue weighted by molar-refractivity contribution is 6.05. The molecular weight excluding hydrogens is 334 g/mol. The van der Waals surface area contributed by atoms with Crippen molar-refractivity contribution < 1.29 is 19.1 Å². The second kappa shape index (κ2) is 7.18. The number of nitrogens with one attached hydrogen (secondary N) is 2. The van der Waals surface area contributed by atoms with Gasteiger partial charge in [-0.05, 0) is 37.3 Å². The van der Waals surface area contributed by atoms with Crippen molar-refractivity contribution >= 4 is 34.3 Å². The highest BCUT2D eigenvalue weighted by Gasteiger charge is 2.23. The first-order valence-electron chi connectivity index (χ1n) is 8.01. The summed E-state index contributed by atoms with van der Waals surface area (Å²) in [7, 11) is 0. The van der Waals surface area contributed by atoms with Crippen molar-refractivity contribution in [2.45, 2.75) is 20.0 Å². The number of carbonyl (C=O) groups is 3. The Morgan fingerprint density at radius 2 is 1.77 bits per heavy atom. The summed E-state index contributed by atoms with van der Waals surface area (Å²) >= 11 is 0. The third kappa shape index (κ3) is 3.61. The van der Waals surface area contributed by atoms with Gasteiger partial charge in [0.15, 0.2) is 11.8 Å². The molecule has 0 aliphatic rings. The smallest absolute Gasteiger partial charge is 0.360 e. The second-order valence-electron chi connectivity index (χ2n) is 5.79. The van der Waals surface area contributed by atoms with Crippen LogP contribution in [0, 0.1) is 0 Å². The first kappa shape index (κ1) is 17.3. The number of aromatic nitrogens is 2. The lowest BCUT2D eigenvalue weighted by Gasteiger charge is -2.12. The summed E-state index contributed by atoms with van der Waals surface area (Å²) in [6.45, 7) is 2.91. The zero-order valence-corrected chi connectivity index (χ0v) is 14.3. The van der Waals surface area contributed by atoms with E-state index in [1.165, 1.54) is 13.8 Å².